The van der Waals surface area contributed by atoms with Crippen LogP contribution >= 0.6 is 0 Å². The third-order valence-electron chi connectivity index (χ3n) is 2.48. The molecule has 0 radical (unpaired) electrons. The summed E-state index contributed by atoms with van der Waals surface area (Å²) in [4.78, 5) is 16.1. The van der Waals surface area contributed by atoms with Crippen molar-refractivity contribution in [3.8, 4) is 0 Å². The Morgan fingerprint density at radius 1 is 1.39 bits per heavy atom. The third kappa shape index (κ3) is 5.27. The van der Waals surface area contributed by atoms with Gasteiger partial charge in [0.2, 0.25) is 5.91 Å². The van der Waals surface area contributed by atoms with Gasteiger partial charge in [-0.1, -0.05) is 6.07 Å². The molecule has 0 fully saturated rings. The SMILES string of the molecule is Cc1ccc(CNC(C)C(=O)NC(C)(C)C)cn1. The Hall–Kier alpha value is -1.42. The van der Waals surface area contributed by atoms with Crippen molar-refractivity contribution in [1.29, 1.82) is 0 Å². The fourth-order valence-electron chi connectivity index (χ4n) is 1.44. The lowest BCUT2D eigenvalue weighted by Crippen LogP contribution is -2.49. The maximum Gasteiger partial charge on any atom is 0.237 e. The summed E-state index contributed by atoms with van der Waals surface area (Å²) in [5.74, 6) is 0.0163. The quantitative estimate of drug-likeness (QED) is 0.855. The summed E-state index contributed by atoms with van der Waals surface area (Å²) in [5.41, 5.74) is 1.88. The molecule has 1 amide bonds. The number of rotatable bonds is 4. The van der Waals surface area contributed by atoms with E-state index < -0.39 is 0 Å². The molecule has 18 heavy (non-hydrogen) atoms. The van der Waals surface area contributed by atoms with Crippen molar-refractivity contribution >= 4 is 5.91 Å². The van der Waals surface area contributed by atoms with E-state index in [9.17, 15) is 4.79 Å². The van der Waals surface area contributed by atoms with Crippen LogP contribution in [0.1, 0.15) is 39.0 Å². The van der Waals surface area contributed by atoms with Gasteiger partial charge in [0.05, 0.1) is 6.04 Å². The van der Waals surface area contributed by atoms with E-state index in [-0.39, 0.29) is 17.5 Å². The van der Waals surface area contributed by atoms with Crippen LogP contribution in [0.15, 0.2) is 18.3 Å². The third-order valence-corrected chi connectivity index (χ3v) is 2.48. The number of carbonyl (C=O) groups is 1. The summed E-state index contributed by atoms with van der Waals surface area (Å²) < 4.78 is 0. The van der Waals surface area contributed by atoms with Crippen LogP contribution in [0, 0.1) is 6.92 Å². The van der Waals surface area contributed by atoms with E-state index >= 15 is 0 Å². The Morgan fingerprint density at radius 3 is 2.56 bits per heavy atom. The zero-order chi connectivity index (χ0) is 13.8. The number of aryl methyl sites for hydroxylation is 1. The highest BCUT2D eigenvalue weighted by atomic mass is 16.2. The van der Waals surface area contributed by atoms with Crippen LogP contribution in [0.4, 0.5) is 0 Å². The molecule has 1 rings (SSSR count). The molecule has 0 aliphatic carbocycles. The molecule has 0 aromatic carbocycles. The molecule has 0 saturated heterocycles. The predicted octanol–water partition coefficient (Wildman–Crippen LogP) is 1.78. The van der Waals surface area contributed by atoms with E-state index in [4.69, 9.17) is 0 Å². The summed E-state index contributed by atoms with van der Waals surface area (Å²) in [6.07, 6.45) is 1.83. The van der Waals surface area contributed by atoms with Crippen LogP contribution < -0.4 is 10.6 Å². The fraction of sp³-hybridized carbons (Fsp3) is 0.571. The molecule has 1 heterocycles. The van der Waals surface area contributed by atoms with E-state index in [1.807, 2.05) is 52.9 Å². The Balaban J connectivity index is 2.43. The first-order valence-electron chi connectivity index (χ1n) is 6.25. The predicted molar refractivity (Wildman–Crippen MR) is 73.2 cm³/mol. The zero-order valence-corrected chi connectivity index (χ0v) is 11.9. The van der Waals surface area contributed by atoms with Crippen molar-refractivity contribution in [2.45, 2.75) is 52.7 Å². The van der Waals surface area contributed by atoms with Gasteiger partial charge in [0.25, 0.3) is 0 Å². The zero-order valence-electron chi connectivity index (χ0n) is 11.9. The van der Waals surface area contributed by atoms with Gasteiger partial charge >= 0.3 is 0 Å². The van der Waals surface area contributed by atoms with Gasteiger partial charge in [0, 0.05) is 24.0 Å². The number of aromatic nitrogens is 1. The Kier molecular flexibility index (Phi) is 4.84. The molecule has 1 aromatic rings. The van der Waals surface area contributed by atoms with E-state index in [0.29, 0.717) is 6.54 Å². The van der Waals surface area contributed by atoms with Gasteiger partial charge in [-0.25, -0.2) is 0 Å². The van der Waals surface area contributed by atoms with Gasteiger partial charge in [0.15, 0.2) is 0 Å². The second kappa shape index (κ2) is 5.96. The van der Waals surface area contributed by atoms with Crippen LogP contribution in [0.5, 0.6) is 0 Å². The lowest BCUT2D eigenvalue weighted by atomic mass is 10.1. The van der Waals surface area contributed by atoms with Crippen LogP contribution in [0.3, 0.4) is 0 Å². The number of nitrogens with one attached hydrogen (secondary N) is 2. The molecule has 0 bridgehead atoms. The monoisotopic (exact) mass is 249 g/mol. The minimum Gasteiger partial charge on any atom is -0.350 e. The second-order valence-corrected chi connectivity index (χ2v) is 5.65. The summed E-state index contributed by atoms with van der Waals surface area (Å²) >= 11 is 0. The molecule has 0 saturated carbocycles. The molecular formula is C14H23N3O. The average molecular weight is 249 g/mol. The first-order valence-corrected chi connectivity index (χ1v) is 6.25. The Labute approximate surface area is 109 Å². The van der Waals surface area contributed by atoms with Crippen LogP contribution in [0.2, 0.25) is 0 Å². The number of nitrogens with zero attached hydrogens (tertiary/aromatic N) is 1. The number of hydrogen-bond acceptors (Lipinski definition) is 3. The lowest BCUT2D eigenvalue weighted by Gasteiger charge is -2.23. The van der Waals surface area contributed by atoms with Crippen LogP contribution in [-0.4, -0.2) is 22.5 Å². The molecule has 1 unspecified atom stereocenters. The van der Waals surface area contributed by atoms with Crippen LogP contribution in [0.25, 0.3) is 0 Å². The number of pyridine rings is 1. The van der Waals surface area contributed by atoms with Crippen molar-refractivity contribution in [3.05, 3.63) is 29.6 Å². The van der Waals surface area contributed by atoms with Gasteiger partial charge in [-0.3, -0.25) is 9.78 Å². The minimum atomic E-state index is -0.217. The number of amides is 1. The van der Waals surface area contributed by atoms with Gasteiger partial charge in [-0.2, -0.15) is 0 Å². The van der Waals surface area contributed by atoms with E-state index in [1.165, 1.54) is 0 Å². The number of carbonyl (C=O) groups excluding carboxylic acids is 1. The minimum absolute atomic E-state index is 0.0163. The maximum atomic E-state index is 11.8. The largest absolute Gasteiger partial charge is 0.350 e. The molecule has 4 heteroatoms. The molecule has 0 spiro atoms. The average Bonchev–Trinajstić information content (AvgIpc) is 2.25. The maximum absolute atomic E-state index is 11.8. The lowest BCUT2D eigenvalue weighted by molar-refractivity contribution is -0.124. The van der Waals surface area contributed by atoms with Gasteiger partial charge in [-0.05, 0) is 46.2 Å². The molecule has 100 valence electrons. The summed E-state index contributed by atoms with van der Waals surface area (Å²) in [6, 6.07) is 3.77. The summed E-state index contributed by atoms with van der Waals surface area (Å²) in [5, 5.41) is 6.14. The topological polar surface area (TPSA) is 54.0 Å². The molecule has 4 nitrogen and oxygen atoms in total. The number of hydrogen-bond donors (Lipinski definition) is 2. The smallest absolute Gasteiger partial charge is 0.237 e. The highest BCUT2D eigenvalue weighted by molar-refractivity contribution is 5.81. The fourth-order valence-corrected chi connectivity index (χ4v) is 1.44. The van der Waals surface area contributed by atoms with E-state index in [2.05, 4.69) is 15.6 Å². The van der Waals surface area contributed by atoms with Crippen molar-refractivity contribution in [1.82, 2.24) is 15.6 Å². The molecule has 1 atom stereocenters. The Morgan fingerprint density at radius 2 is 2.06 bits per heavy atom. The van der Waals surface area contributed by atoms with Crippen molar-refractivity contribution < 1.29 is 4.79 Å². The highest BCUT2D eigenvalue weighted by Crippen LogP contribution is 2.01. The second-order valence-electron chi connectivity index (χ2n) is 5.65. The van der Waals surface area contributed by atoms with Crippen molar-refractivity contribution in [3.63, 3.8) is 0 Å². The summed E-state index contributed by atoms with van der Waals surface area (Å²) in [6.45, 7) is 10.4. The molecule has 1 aromatic heterocycles. The molecule has 2 N–H and O–H groups in total. The van der Waals surface area contributed by atoms with Crippen molar-refractivity contribution in [2.75, 3.05) is 0 Å². The van der Waals surface area contributed by atoms with E-state index in [1.54, 1.807) is 0 Å². The van der Waals surface area contributed by atoms with Gasteiger partial charge < -0.3 is 10.6 Å². The first-order chi connectivity index (χ1) is 8.28. The van der Waals surface area contributed by atoms with Gasteiger partial charge in [0.1, 0.15) is 0 Å². The standard InChI is InChI=1S/C14H23N3O/c1-10-6-7-12(8-15-10)9-16-11(2)13(18)17-14(3,4)5/h6-8,11,16H,9H2,1-5H3,(H,17,18). The molecule has 0 aliphatic heterocycles. The highest BCUT2D eigenvalue weighted by Gasteiger charge is 2.18. The first kappa shape index (κ1) is 14.6. The summed E-state index contributed by atoms with van der Waals surface area (Å²) in [7, 11) is 0. The van der Waals surface area contributed by atoms with E-state index in [0.717, 1.165) is 11.3 Å². The normalized spacial score (nSPS) is 13.2. The van der Waals surface area contributed by atoms with Crippen molar-refractivity contribution in [2.24, 2.45) is 0 Å². The molecular weight excluding hydrogens is 226 g/mol. The Bertz CT molecular complexity index is 392. The molecule has 0 aliphatic rings. The van der Waals surface area contributed by atoms with Crippen LogP contribution in [-0.2, 0) is 11.3 Å². The van der Waals surface area contributed by atoms with Gasteiger partial charge in [-0.15, -0.1) is 0 Å².